The third-order valence-corrected chi connectivity index (χ3v) is 6.75. The number of nitrogens with zero attached hydrogens (tertiary/aromatic N) is 1. The molecule has 2 N–H and O–H groups in total. The van der Waals surface area contributed by atoms with Crippen LogP contribution in [0.15, 0.2) is 46.7 Å². The summed E-state index contributed by atoms with van der Waals surface area (Å²) < 4.78 is 66.1. The third kappa shape index (κ3) is 4.22. The minimum atomic E-state index is -4.85. The van der Waals surface area contributed by atoms with E-state index in [0.717, 1.165) is 15.8 Å². The zero-order chi connectivity index (χ0) is 20.6. The number of sulfonamides is 1. The number of thiophene rings is 1. The number of benzene rings is 1. The van der Waals surface area contributed by atoms with Gasteiger partial charge in [0.2, 0.25) is 10.0 Å². The van der Waals surface area contributed by atoms with E-state index < -0.39 is 40.7 Å². The highest BCUT2D eigenvalue weighted by molar-refractivity contribution is 7.89. The van der Waals surface area contributed by atoms with Crippen molar-refractivity contribution in [2.24, 2.45) is 0 Å². The molecule has 3 rings (SSSR count). The molecule has 1 aromatic carbocycles. The number of β-amino-alcohol motifs (C(OH)–C–C–N with tert-alkyl or cyclic N) is 1. The molecule has 28 heavy (non-hydrogen) atoms. The van der Waals surface area contributed by atoms with E-state index >= 15 is 0 Å². The van der Waals surface area contributed by atoms with Gasteiger partial charge < -0.3 is 10.0 Å². The summed E-state index contributed by atoms with van der Waals surface area (Å²) in [7, 11) is -3.91. The first-order valence-electron chi connectivity index (χ1n) is 8.22. The summed E-state index contributed by atoms with van der Waals surface area (Å²) in [6, 6.07) is 8.63. The predicted molar refractivity (Wildman–Crippen MR) is 96.3 cm³/mol. The van der Waals surface area contributed by atoms with Crippen LogP contribution in [0.5, 0.6) is 0 Å². The van der Waals surface area contributed by atoms with Crippen molar-refractivity contribution < 1.29 is 31.5 Å². The fraction of sp³-hybridized carbons (Fsp3) is 0.353. The van der Waals surface area contributed by atoms with Gasteiger partial charge in [0, 0.05) is 30.0 Å². The first kappa shape index (κ1) is 20.8. The van der Waals surface area contributed by atoms with E-state index in [9.17, 15) is 31.5 Å². The van der Waals surface area contributed by atoms with E-state index in [1.165, 1.54) is 29.5 Å². The van der Waals surface area contributed by atoms with Crippen LogP contribution in [0.2, 0.25) is 0 Å². The highest BCUT2D eigenvalue weighted by Gasteiger charge is 2.57. The number of aliphatic hydroxyl groups is 1. The van der Waals surface area contributed by atoms with Crippen LogP contribution in [-0.4, -0.2) is 49.2 Å². The zero-order valence-electron chi connectivity index (χ0n) is 14.4. The summed E-state index contributed by atoms with van der Waals surface area (Å²) in [6.07, 6.45) is -5.47. The van der Waals surface area contributed by atoms with Crippen molar-refractivity contribution in [2.45, 2.75) is 29.6 Å². The Bertz CT molecular complexity index is 961. The Labute approximate surface area is 163 Å². The van der Waals surface area contributed by atoms with E-state index in [1.807, 2.05) is 0 Å². The summed E-state index contributed by atoms with van der Waals surface area (Å²) >= 11 is 1.38. The molecule has 2 aromatic rings. The Balaban J connectivity index is 1.75. The van der Waals surface area contributed by atoms with Gasteiger partial charge in [-0.3, -0.25) is 4.79 Å². The number of alkyl halides is 3. The maximum atomic E-state index is 12.9. The van der Waals surface area contributed by atoms with Gasteiger partial charge in [-0.2, -0.15) is 13.2 Å². The van der Waals surface area contributed by atoms with E-state index in [1.54, 1.807) is 17.5 Å². The molecule has 1 fully saturated rings. The maximum Gasteiger partial charge on any atom is 0.419 e. The Kier molecular flexibility index (Phi) is 5.54. The second-order valence-corrected chi connectivity index (χ2v) is 9.24. The van der Waals surface area contributed by atoms with Crippen LogP contribution < -0.4 is 4.72 Å². The van der Waals surface area contributed by atoms with Gasteiger partial charge in [0.25, 0.3) is 5.91 Å². The SMILES string of the molecule is O=C(c1cccc(S(=O)(=O)NCc2cccs2)c1)N1CCC(O)(C(F)(F)F)C1. The molecule has 1 aromatic heterocycles. The number of amides is 1. The molecule has 0 saturated carbocycles. The fourth-order valence-corrected chi connectivity index (χ4v) is 4.63. The second kappa shape index (κ2) is 7.47. The van der Waals surface area contributed by atoms with Gasteiger partial charge in [0.1, 0.15) is 0 Å². The van der Waals surface area contributed by atoms with Crippen molar-refractivity contribution in [3.8, 4) is 0 Å². The molecule has 0 bridgehead atoms. The van der Waals surface area contributed by atoms with Gasteiger partial charge in [0.15, 0.2) is 5.60 Å². The lowest BCUT2D eigenvalue weighted by Crippen LogP contribution is -2.48. The van der Waals surface area contributed by atoms with Crippen LogP contribution in [-0.2, 0) is 16.6 Å². The van der Waals surface area contributed by atoms with Gasteiger partial charge in [-0.25, -0.2) is 13.1 Å². The van der Waals surface area contributed by atoms with Gasteiger partial charge in [-0.1, -0.05) is 12.1 Å². The second-order valence-electron chi connectivity index (χ2n) is 6.44. The summed E-state index contributed by atoms with van der Waals surface area (Å²) in [5, 5.41) is 11.5. The van der Waals surface area contributed by atoms with E-state index in [-0.39, 0.29) is 23.5 Å². The number of hydrogen-bond acceptors (Lipinski definition) is 5. The van der Waals surface area contributed by atoms with Gasteiger partial charge >= 0.3 is 6.18 Å². The smallest absolute Gasteiger partial charge is 0.379 e. The number of likely N-dealkylation sites (tertiary alicyclic amines) is 1. The van der Waals surface area contributed by atoms with Gasteiger partial charge in [-0.05, 0) is 29.6 Å². The van der Waals surface area contributed by atoms with Crippen molar-refractivity contribution in [2.75, 3.05) is 13.1 Å². The van der Waals surface area contributed by atoms with Crippen molar-refractivity contribution in [1.82, 2.24) is 9.62 Å². The quantitative estimate of drug-likeness (QED) is 0.757. The molecule has 0 spiro atoms. The molecule has 152 valence electrons. The number of carbonyl (C=O) groups is 1. The predicted octanol–water partition coefficient (Wildman–Crippen LogP) is 2.37. The highest BCUT2D eigenvalue weighted by atomic mass is 32.2. The van der Waals surface area contributed by atoms with Crippen LogP contribution in [0.25, 0.3) is 0 Å². The molecule has 1 aliphatic rings. The summed E-state index contributed by atoms with van der Waals surface area (Å²) in [6.45, 7) is -1.08. The Morgan fingerprint density at radius 3 is 2.64 bits per heavy atom. The van der Waals surface area contributed by atoms with Crippen molar-refractivity contribution >= 4 is 27.3 Å². The normalized spacial score (nSPS) is 20.5. The molecule has 6 nitrogen and oxygen atoms in total. The van der Waals surface area contributed by atoms with Crippen molar-refractivity contribution in [3.05, 3.63) is 52.2 Å². The number of halogens is 3. The standard InChI is InChI=1S/C17H17F3N2O4S2/c18-17(19,20)16(24)6-7-22(11-16)15(23)12-3-1-5-14(9-12)28(25,26)21-10-13-4-2-8-27-13/h1-5,8-9,21,24H,6-7,10-11H2. The number of rotatable bonds is 5. The Morgan fingerprint density at radius 2 is 2.04 bits per heavy atom. The lowest BCUT2D eigenvalue weighted by Gasteiger charge is -2.26. The van der Waals surface area contributed by atoms with Crippen LogP contribution in [0.3, 0.4) is 0 Å². The minimum absolute atomic E-state index is 0.0644. The monoisotopic (exact) mass is 434 g/mol. The molecule has 1 aliphatic heterocycles. The topological polar surface area (TPSA) is 86.7 Å². The van der Waals surface area contributed by atoms with E-state index in [2.05, 4.69) is 4.72 Å². The zero-order valence-corrected chi connectivity index (χ0v) is 16.1. The van der Waals surface area contributed by atoms with Crippen LogP contribution in [0, 0.1) is 0 Å². The molecule has 0 radical (unpaired) electrons. The molecule has 2 heterocycles. The highest BCUT2D eigenvalue weighted by Crippen LogP contribution is 2.38. The average Bonchev–Trinajstić information content (AvgIpc) is 3.29. The summed E-state index contributed by atoms with van der Waals surface area (Å²) in [4.78, 5) is 14.0. The fourth-order valence-electron chi connectivity index (χ4n) is 2.84. The molecule has 1 unspecified atom stereocenters. The average molecular weight is 434 g/mol. The third-order valence-electron chi connectivity index (χ3n) is 4.47. The van der Waals surface area contributed by atoms with Gasteiger partial charge in [0.05, 0.1) is 11.4 Å². The number of carbonyl (C=O) groups excluding carboxylic acids is 1. The Morgan fingerprint density at radius 1 is 1.29 bits per heavy atom. The summed E-state index contributed by atoms with van der Waals surface area (Å²) in [5.41, 5.74) is -3.01. The first-order valence-corrected chi connectivity index (χ1v) is 10.6. The molecule has 1 atom stereocenters. The lowest BCUT2D eigenvalue weighted by atomic mass is 10.0. The van der Waals surface area contributed by atoms with Crippen LogP contribution in [0.4, 0.5) is 13.2 Å². The molecular weight excluding hydrogens is 417 g/mol. The van der Waals surface area contributed by atoms with Crippen molar-refractivity contribution in [1.29, 1.82) is 0 Å². The van der Waals surface area contributed by atoms with E-state index in [0.29, 0.717) is 0 Å². The van der Waals surface area contributed by atoms with Crippen LogP contribution >= 0.6 is 11.3 Å². The summed E-state index contributed by atoms with van der Waals surface area (Å²) in [5.74, 6) is -0.768. The largest absolute Gasteiger partial charge is 0.419 e. The number of hydrogen-bond donors (Lipinski definition) is 2. The van der Waals surface area contributed by atoms with Crippen LogP contribution in [0.1, 0.15) is 21.7 Å². The molecule has 11 heteroatoms. The molecule has 1 saturated heterocycles. The maximum absolute atomic E-state index is 12.9. The number of nitrogens with one attached hydrogen (secondary N) is 1. The molecule has 0 aliphatic carbocycles. The molecular formula is C17H17F3N2O4S2. The van der Waals surface area contributed by atoms with Crippen molar-refractivity contribution in [3.63, 3.8) is 0 Å². The minimum Gasteiger partial charge on any atom is -0.379 e. The lowest BCUT2D eigenvalue weighted by molar-refractivity contribution is -0.253. The van der Waals surface area contributed by atoms with E-state index in [4.69, 9.17) is 0 Å². The Hall–Kier alpha value is -1.95. The first-order chi connectivity index (χ1) is 13.0. The molecule has 1 amide bonds. The van der Waals surface area contributed by atoms with Gasteiger partial charge in [-0.15, -0.1) is 11.3 Å².